The van der Waals surface area contributed by atoms with Gasteiger partial charge in [0.1, 0.15) is 5.75 Å². The van der Waals surface area contributed by atoms with E-state index in [-0.39, 0.29) is 35.2 Å². The summed E-state index contributed by atoms with van der Waals surface area (Å²) >= 11 is 1.18. The second-order valence-corrected chi connectivity index (χ2v) is 10.5. The Hall–Kier alpha value is -2.27. The normalized spacial score (nSPS) is 18.8. The first-order chi connectivity index (χ1) is 14.3. The molecule has 1 fully saturated rings. The summed E-state index contributed by atoms with van der Waals surface area (Å²) in [6.45, 7) is 3.93. The van der Waals surface area contributed by atoms with Crippen LogP contribution in [0.25, 0.3) is 11.4 Å². The summed E-state index contributed by atoms with van der Waals surface area (Å²) in [5, 5.41) is 8.66. The predicted molar refractivity (Wildman–Crippen MR) is 117 cm³/mol. The van der Waals surface area contributed by atoms with Crippen LogP contribution in [-0.2, 0) is 14.6 Å². The topological polar surface area (TPSA) is 120 Å². The lowest BCUT2D eigenvalue weighted by Crippen LogP contribution is -2.47. The van der Waals surface area contributed by atoms with Crippen LogP contribution in [0.15, 0.2) is 29.4 Å². The SMILES string of the molecule is CC[C@H](C)N(C(=O)CSc1nnc(-c2ccccc2OC)n1N)[C@@H]1CCS(=O)(=O)C1. The molecular weight excluding hydrogens is 426 g/mol. The molecule has 0 aliphatic carbocycles. The molecule has 2 N–H and O–H groups in total. The van der Waals surface area contributed by atoms with Crippen molar-refractivity contribution in [1.29, 1.82) is 0 Å². The van der Waals surface area contributed by atoms with Crippen LogP contribution < -0.4 is 10.6 Å². The number of thioether (sulfide) groups is 1. The van der Waals surface area contributed by atoms with E-state index in [0.29, 0.717) is 28.7 Å². The van der Waals surface area contributed by atoms with E-state index in [9.17, 15) is 13.2 Å². The Bertz CT molecular complexity index is 1010. The lowest BCUT2D eigenvalue weighted by Gasteiger charge is -2.33. The van der Waals surface area contributed by atoms with Crippen LogP contribution in [0.5, 0.6) is 5.75 Å². The third kappa shape index (κ3) is 4.72. The molecule has 0 spiro atoms. The molecular formula is C19H27N5O4S2. The summed E-state index contributed by atoms with van der Waals surface area (Å²) in [5.41, 5.74) is 0.700. The number of aromatic nitrogens is 3. The molecule has 0 radical (unpaired) electrons. The third-order valence-corrected chi connectivity index (χ3v) is 7.97. The third-order valence-electron chi connectivity index (χ3n) is 5.29. The van der Waals surface area contributed by atoms with Gasteiger partial charge in [0.15, 0.2) is 15.7 Å². The highest BCUT2D eigenvalue weighted by Gasteiger charge is 2.36. The lowest BCUT2D eigenvalue weighted by molar-refractivity contribution is -0.132. The van der Waals surface area contributed by atoms with Crippen molar-refractivity contribution < 1.29 is 17.9 Å². The molecule has 30 heavy (non-hydrogen) atoms. The molecule has 11 heteroatoms. The second kappa shape index (κ2) is 9.25. The number of amides is 1. The van der Waals surface area contributed by atoms with Gasteiger partial charge in [-0.1, -0.05) is 30.8 Å². The van der Waals surface area contributed by atoms with Crippen molar-refractivity contribution in [1.82, 2.24) is 19.8 Å². The predicted octanol–water partition coefficient (Wildman–Crippen LogP) is 1.57. The fourth-order valence-electron chi connectivity index (χ4n) is 3.59. The zero-order valence-electron chi connectivity index (χ0n) is 17.3. The quantitative estimate of drug-likeness (QED) is 0.472. The standard InChI is InChI=1S/C19H27N5O4S2/c1-4-13(2)23(14-9-10-30(26,27)12-14)17(25)11-29-19-22-21-18(24(19)20)15-7-5-6-8-16(15)28-3/h5-8,13-14H,4,9-12,20H2,1-3H3/t13-,14+/m0/s1. The van der Waals surface area contributed by atoms with Gasteiger partial charge < -0.3 is 15.5 Å². The molecule has 1 amide bonds. The molecule has 1 aliphatic heterocycles. The van der Waals surface area contributed by atoms with Crippen molar-refractivity contribution >= 4 is 27.5 Å². The van der Waals surface area contributed by atoms with Gasteiger partial charge in [-0.25, -0.2) is 13.1 Å². The maximum absolute atomic E-state index is 13.0. The molecule has 9 nitrogen and oxygen atoms in total. The second-order valence-electron chi connectivity index (χ2n) is 7.28. The monoisotopic (exact) mass is 453 g/mol. The first-order valence-electron chi connectivity index (χ1n) is 9.75. The molecule has 164 valence electrons. The zero-order valence-corrected chi connectivity index (χ0v) is 18.9. The Morgan fingerprint density at radius 2 is 2.13 bits per heavy atom. The van der Waals surface area contributed by atoms with Gasteiger partial charge in [0.25, 0.3) is 0 Å². The summed E-state index contributed by atoms with van der Waals surface area (Å²) in [6, 6.07) is 7.01. The van der Waals surface area contributed by atoms with Crippen LogP contribution in [0.1, 0.15) is 26.7 Å². The molecule has 0 bridgehead atoms. The molecule has 1 aliphatic rings. The van der Waals surface area contributed by atoms with Gasteiger partial charge in [0, 0.05) is 12.1 Å². The molecule has 2 aromatic rings. The van der Waals surface area contributed by atoms with Crippen molar-refractivity contribution in [3.05, 3.63) is 24.3 Å². The summed E-state index contributed by atoms with van der Waals surface area (Å²) in [5.74, 6) is 7.36. The molecule has 0 saturated carbocycles. The zero-order chi connectivity index (χ0) is 21.9. The van der Waals surface area contributed by atoms with Crippen LogP contribution in [0.3, 0.4) is 0 Å². The van der Waals surface area contributed by atoms with Crippen molar-refractivity contribution in [3.63, 3.8) is 0 Å². The number of ether oxygens (including phenoxy) is 1. The Kier molecular flexibility index (Phi) is 6.91. The van der Waals surface area contributed by atoms with Gasteiger partial charge >= 0.3 is 0 Å². The van der Waals surface area contributed by atoms with Crippen molar-refractivity contribution in [2.75, 3.05) is 30.2 Å². The molecule has 2 heterocycles. The average molecular weight is 454 g/mol. The van der Waals surface area contributed by atoms with E-state index in [0.717, 1.165) is 6.42 Å². The number of para-hydroxylation sites is 1. The van der Waals surface area contributed by atoms with E-state index >= 15 is 0 Å². The number of methoxy groups -OCH3 is 1. The minimum absolute atomic E-state index is 0.0266. The van der Waals surface area contributed by atoms with Gasteiger partial charge in [-0.05, 0) is 31.9 Å². The Morgan fingerprint density at radius 1 is 1.40 bits per heavy atom. The van der Waals surface area contributed by atoms with Crippen LogP contribution in [0.2, 0.25) is 0 Å². The number of carbonyl (C=O) groups is 1. The highest BCUT2D eigenvalue weighted by molar-refractivity contribution is 7.99. The van der Waals surface area contributed by atoms with Crippen molar-refractivity contribution in [2.45, 2.75) is 43.9 Å². The Labute approximate surface area is 180 Å². The van der Waals surface area contributed by atoms with E-state index in [1.54, 1.807) is 18.1 Å². The summed E-state index contributed by atoms with van der Waals surface area (Å²) in [4.78, 5) is 14.7. The number of sulfone groups is 1. The largest absolute Gasteiger partial charge is 0.496 e. The molecule has 3 rings (SSSR count). The maximum atomic E-state index is 13.0. The van der Waals surface area contributed by atoms with E-state index < -0.39 is 9.84 Å². The van der Waals surface area contributed by atoms with Gasteiger partial charge in [-0.2, -0.15) is 0 Å². The first kappa shape index (κ1) is 22.4. The van der Waals surface area contributed by atoms with E-state index in [2.05, 4.69) is 10.2 Å². The van der Waals surface area contributed by atoms with E-state index in [4.69, 9.17) is 10.6 Å². The van der Waals surface area contributed by atoms with Crippen LogP contribution >= 0.6 is 11.8 Å². The number of carbonyl (C=O) groups excluding carboxylic acids is 1. The molecule has 2 atom stereocenters. The molecule has 1 aromatic heterocycles. The maximum Gasteiger partial charge on any atom is 0.233 e. The van der Waals surface area contributed by atoms with Crippen molar-refractivity contribution in [2.24, 2.45) is 0 Å². The average Bonchev–Trinajstić information content (AvgIpc) is 3.27. The molecule has 1 aromatic carbocycles. The first-order valence-corrected chi connectivity index (χ1v) is 12.6. The Balaban J connectivity index is 1.74. The minimum Gasteiger partial charge on any atom is -0.496 e. The van der Waals surface area contributed by atoms with Gasteiger partial charge in [-0.3, -0.25) is 4.79 Å². The lowest BCUT2D eigenvalue weighted by atomic mass is 10.1. The minimum atomic E-state index is -3.08. The number of rotatable bonds is 8. The Morgan fingerprint density at radius 3 is 2.77 bits per heavy atom. The number of nitrogen functional groups attached to an aromatic ring is 1. The van der Waals surface area contributed by atoms with Gasteiger partial charge in [-0.15, -0.1) is 10.2 Å². The summed E-state index contributed by atoms with van der Waals surface area (Å²) < 4.78 is 30.5. The van der Waals surface area contributed by atoms with Crippen LogP contribution in [0, 0.1) is 0 Å². The number of benzene rings is 1. The number of nitrogens with zero attached hydrogens (tertiary/aromatic N) is 4. The number of hydrogen-bond donors (Lipinski definition) is 1. The fraction of sp³-hybridized carbons (Fsp3) is 0.526. The summed E-state index contributed by atoms with van der Waals surface area (Å²) in [7, 11) is -1.52. The highest BCUT2D eigenvalue weighted by Crippen LogP contribution is 2.30. The highest BCUT2D eigenvalue weighted by atomic mass is 32.2. The van der Waals surface area contributed by atoms with Crippen molar-refractivity contribution in [3.8, 4) is 17.1 Å². The van der Waals surface area contributed by atoms with Gasteiger partial charge in [0.05, 0.1) is 29.9 Å². The van der Waals surface area contributed by atoms with Gasteiger partial charge in [0.2, 0.25) is 11.1 Å². The smallest absolute Gasteiger partial charge is 0.233 e. The number of nitrogens with two attached hydrogens (primary N) is 1. The fourth-order valence-corrected chi connectivity index (χ4v) is 6.03. The van der Waals surface area contributed by atoms with E-state index in [1.165, 1.54) is 16.4 Å². The molecule has 0 unspecified atom stereocenters. The van der Waals surface area contributed by atoms with Crippen LogP contribution in [-0.4, -0.2) is 70.6 Å². The summed E-state index contributed by atoms with van der Waals surface area (Å²) in [6.07, 6.45) is 1.23. The number of hydrogen-bond acceptors (Lipinski definition) is 8. The molecule has 1 saturated heterocycles. The van der Waals surface area contributed by atoms with Crippen LogP contribution in [0.4, 0.5) is 0 Å². The van der Waals surface area contributed by atoms with E-state index in [1.807, 2.05) is 32.0 Å².